The number of sulfonamides is 1. The lowest BCUT2D eigenvalue weighted by atomic mass is 10.0. The van der Waals surface area contributed by atoms with Crippen LogP contribution in [0.2, 0.25) is 0 Å². The number of nitriles is 1. The van der Waals surface area contributed by atoms with Crippen molar-refractivity contribution >= 4 is 39.0 Å². The second-order valence-corrected chi connectivity index (χ2v) is 11.2. The van der Waals surface area contributed by atoms with Crippen LogP contribution in [0.25, 0.3) is 0 Å². The number of piperidine rings is 1. The van der Waals surface area contributed by atoms with Crippen LogP contribution in [0.5, 0.6) is 0 Å². The van der Waals surface area contributed by atoms with Gasteiger partial charge in [-0.2, -0.15) is 5.26 Å². The Balaban J connectivity index is 1.47. The molecule has 1 aliphatic heterocycles. The van der Waals surface area contributed by atoms with E-state index in [0.29, 0.717) is 52.2 Å². The van der Waals surface area contributed by atoms with Crippen molar-refractivity contribution in [3.05, 3.63) is 40.4 Å². The molecule has 0 atom stereocenters. The fourth-order valence-electron chi connectivity index (χ4n) is 3.62. The minimum absolute atomic E-state index is 0.175. The van der Waals surface area contributed by atoms with E-state index in [2.05, 4.69) is 15.8 Å². The van der Waals surface area contributed by atoms with Gasteiger partial charge in [-0.05, 0) is 49.5 Å². The van der Waals surface area contributed by atoms with Crippen molar-refractivity contribution in [3.63, 3.8) is 0 Å². The number of carbonyl (C=O) groups is 1. The molecule has 3 heterocycles. The summed E-state index contributed by atoms with van der Waals surface area (Å²) in [5, 5.41) is 12.0. The molecular formula is C20H22N4O3S3. The average Bonchev–Trinajstić information content (AvgIpc) is 3.45. The van der Waals surface area contributed by atoms with Crippen LogP contribution >= 0.6 is 23.1 Å². The molecule has 1 saturated heterocycles. The van der Waals surface area contributed by atoms with Gasteiger partial charge in [0.1, 0.15) is 15.3 Å². The zero-order valence-electron chi connectivity index (χ0n) is 16.5. The van der Waals surface area contributed by atoms with Gasteiger partial charge in [0.15, 0.2) is 0 Å². The smallest absolute Gasteiger partial charge is 0.255 e. The molecule has 0 bridgehead atoms. The molecule has 2 aromatic heterocycles. The van der Waals surface area contributed by atoms with E-state index in [1.54, 1.807) is 28.5 Å². The molecule has 7 nitrogen and oxygen atoms in total. The molecule has 4 rings (SSSR count). The van der Waals surface area contributed by atoms with Crippen LogP contribution < -0.4 is 4.72 Å². The van der Waals surface area contributed by atoms with Crippen molar-refractivity contribution in [3.8, 4) is 6.07 Å². The number of hydrogen-bond donors (Lipinski definition) is 1. The predicted octanol–water partition coefficient (Wildman–Crippen LogP) is 3.20. The highest BCUT2D eigenvalue weighted by molar-refractivity contribution is 7.98. The van der Waals surface area contributed by atoms with E-state index in [9.17, 15) is 18.5 Å². The lowest BCUT2D eigenvalue weighted by molar-refractivity contribution is 0.0710. The number of nitrogens with zero attached hydrogens (tertiary/aromatic N) is 3. The molecule has 10 heteroatoms. The lowest BCUT2D eigenvalue weighted by Gasteiger charge is -2.32. The highest BCUT2D eigenvalue weighted by Crippen LogP contribution is 2.40. The molecule has 1 aliphatic carbocycles. The van der Waals surface area contributed by atoms with Crippen LogP contribution in [0.3, 0.4) is 0 Å². The van der Waals surface area contributed by atoms with E-state index >= 15 is 0 Å². The maximum absolute atomic E-state index is 13.2. The summed E-state index contributed by atoms with van der Waals surface area (Å²) >= 11 is 2.57. The topological polar surface area (TPSA) is 103 Å². The molecule has 2 aliphatic rings. The Bertz CT molecular complexity index is 1080. The number of thioether (sulfide) groups is 1. The first-order chi connectivity index (χ1) is 14.4. The van der Waals surface area contributed by atoms with Crippen LogP contribution in [-0.2, 0) is 10.0 Å². The van der Waals surface area contributed by atoms with Gasteiger partial charge in [-0.25, -0.2) is 18.1 Å². The third kappa shape index (κ3) is 4.39. The van der Waals surface area contributed by atoms with Gasteiger partial charge in [-0.15, -0.1) is 23.1 Å². The number of likely N-dealkylation sites (tertiary alicyclic amines) is 1. The van der Waals surface area contributed by atoms with Crippen molar-refractivity contribution in [2.24, 2.45) is 0 Å². The normalized spacial score (nSPS) is 17.7. The van der Waals surface area contributed by atoms with E-state index in [0.717, 1.165) is 18.5 Å². The number of hydrogen-bond acceptors (Lipinski definition) is 7. The fraction of sp³-hybridized carbons (Fsp3) is 0.450. The number of pyridine rings is 1. The summed E-state index contributed by atoms with van der Waals surface area (Å²) in [6, 6.07) is 7.02. The standard InChI is InChI=1S/C20H22N4O3S3/c1-28-19-16(12-21)15(11-17(22-19)13-4-5-13)20(25)24-8-6-14(7-9-24)23-30(26,27)18-3-2-10-29-18/h2-3,10-11,13-14,23H,4-9H2,1H3. The van der Waals surface area contributed by atoms with E-state index in [4.69, 9.17) is 0 Å². The minimum atomic E-state index is -3.52. The van der Waals surface area contributed by atoms with Crippen molar-refractivity contribution in [2.45, 2.75) is 46.9 Å². The number of thiophene rings is 1. The van der Waals surface area contributed by atoms with Crippen molar-refractivity contribution in [1.82, 2.24) is 14.6 Å². The summed E-state index contributed by atoms with van der Waals surface area (Å²) < 4.78 is 27.9. The Morgan fingerprint density at radius 1 is 1.33 bits per heavy atom. The molecule has 158 valence electrons. The third-order valence-corrected chi connectivity index (χ3v) is 9.00. The Morgan fingerprint density at radius 2 is 2.07 bits per heavy atom. The Morgan fingerprint density at radius 3 is 2.63 bits per heavy atom. The van der Waals surface area contributed by atoms with Gasteiger partial charge < -0.3 is 4.90 Å². The SMILES string of the molecule is CSc1nc(C2CC2)cc(C(=O)N2CCC(NS(=O)(=O)c3cccs3)CC2)c1C#N. The predicted molar refractivity (Wildman–Crippen MR) is 116 cm³/mol. The molecule has 1 saturated carbocycles. The van der Waals surface area contributed by atoms with Crippen molar-refractivity contribution in [1.29, 1.82) is 5.26 Å². The summed E-state index contributed by atoms with van der Waals surface area (Å²) in [6.07, 6.45) is 5.06. The average molecular weight is 463 g/mol. The molecular weight excluding hydrogens is 440 g/mol. The lowest BCUT2D eigenvalue weighted by Crippen LogP contribution is -2.46. The van der Waals surface area contributed by atoms with Crippen LogP contribution in [0.1, 0.15) is 53.2 Å². The van der Waals surface area contributed by atoms with Crippen LogP contribution in [0, 0.1) is 11.3 Å². The monoisotopic (exact) mass is 462 g/mol. The summed E-state index contributed by atoms with van der Waals surface area (Å²) in [6.45, 7) is 0.883. The Kier molecular flexibility index (Phi) is 6.16. The summed E-state index contributed by atoms with van der Waals surface area (Å²) in [5.74, 6) is 0.207. The van der Waals surface area contributed by atoms with E-state index in [-0.39, 0.29) is 11.9 Å². The maximum Gasteiger partial charge on any atom is 0.255 e. The second kappa shape index (κ2) is 8.67. The molecule has 0 radical (unpaired) electrons. The van der Waals surface area contributed by atoms with Crippen molar-refractivity contribution < 1.29 is 13.2 Å². The van der Waals surface area contributed by atoms with E-state index in [1.807, 2.05) is 6.26 Å². The number of amides is 1. The summed E-state index contributed by atoms with van der Waals surface area (Å²) in [4.78, 5) is 19.5. The van der Waals surface area contributed by atoms with Gasteiger partial charge >= 0.3 is 0 Å². The first-order valence-corrected chi connectivity index (χ1v) is 13.4. The maximum atomic E-state index is 13.2. The van der Waals surface area contributed by atoms with Gasteiger partial charge in [0.2, 0.25) is 10.0 Å². The number of nitrogens with one attached hydrogen (secondary N) is 1. The summed E-state index contributed by atoms with van der Waals surface area (Å²) in [7, 11) is -3.52. The van der Waals surface area contributed by atoms with Gasteiger partial charge in [0.05, 0.1) is 11.1 Å². The molecule has 0 unspecified atom stereocenters. The van der Waals surface area contributed by atoms with Crippen molar-refractivity contribution in [2.75, 3.05) is 19.3 Å². The highest BCUT2D eigenvalue weighted by atomic mass is 32.2. The minimum Gasteiger partial charge on any atom is -0.338 e. The molecule has 30 heavy (non-hydrogen) atoms. The first-order valence-electron chi connectivity index (χ1n) is 9.77. The number of carbonyl (C=O) groups excluding carboxylic acids is 1. The zero-order valence-corrected chi connectivity index (χ0v) is 18.9. The van der Waals surface area contributed by atoms with Gasteiger partial charge in [0, 0.05) is 30.7 Å². The second-order valence-electron chi connectivity index (χ2n) is 7.48. The molecule has 0 aromatic carbocycles. The summed E-state index contributed by atoms with van der Waals surface area (Å²) in [5.41, 5.74) is 1.63. The Labute approximate surface area is 184 Å². The molecule has 1 N–H and O–H groups in total. The van der Waals surface area contributed by atoms with Gasteiger partial charge in [-0.1, -0.05) is 6.07 Å². The third-order valence-electron chi connectivity index (χ3n) is 5.40. The van der Waals surface area contributed by atoms with Gasteiger partial charge in [0.25, 0.3) is 5.91 Å². The van der Waals surface area contributed by atoms with E-state index in [1.165, 1.54) is 23.1 Å². The largest absolute Gasteiger partial charge is 0.338 e. The molecule has 0 spiro atoms. The number of rotatable bonds is 6. The Hall–Kier alpha value is -1.93. The highest BCUT2D eigenvalue weighted by Gasteiger charge is 2.32. The quantitative estimate of drug-likeness (QED) is 0.661. The molecule has 2 fully saturated rings. The van der Waals surface area contributed by atoms with Gasteiger partial charge in [-0.3, -0.25) is 4.79 Å². The molecule has 2 aromatic rings. The number of aromatic nitrogens is 1. The zero-order chi connectivity index (χ0) is 21.3. The van der Waals surface area contributed by atoms with Crippen LogP contribution in [-0.4, -0.2) is 49.6 Å². The van der Waals surface area contributed by atoms with E-state index < -0.39 is 10.0 Å². The van der Waals surface area contributed by atoms with Crippen LogP contribution in [0.15, 0.2) is 32.8 Å². The van der Waals surface area contributed by atoms with Crippen LogP contribution in [0.4, 0.5) is 0 Å². The fourth-order valence-corrected chi connectivity index (χ4v) is 6.49. The first kappa shape index (κ1) is 21.3. The molecule has 1 amide bonds.